The number of piperidine rings is 1. The van der Waals surface area contributed by atoms with E-state index >= 15 is 0 Å². The van der Waals surface area contributed by atoms with Gasteiger partial charge in [-0.1, -0.05) is 30.7 Å². The van der Waals surface area contributed by atoms with Crippen molar-refractivity contribution in [1.29, 1.82) is 0 Å². The van der Waals surface area contributed by atoms with Crippen molar-refractivity contribution >= 4 is 0 Å². The van der Waals surface area contributed by atoms with Crippen molar-refractivity contribution in [3.8, 4) is 11.1 Å². The first kappa shape index (κ1) is 17.9. The molecule has 2 heterocycles. The number of rotatable bonds is 6. The molecular weight excluding hydrogens is 308 g/mol. The summed E-state index contributed by atoms with van der Waals surface area (Å²) in [4.78, 5) is 2.48. The second kappa shape index (κ2) is 7.98. The minimum absolute atomic E-state index is 0.0281. The average Bonchev–Trinajstić information content (AvgIpc) is 3.13. The van der Waals surface area contributed by atoms with E-state index < -0.39 is 0 Å². The maximum absolute atomic E-state index is 6.69. The second-order valence-electron chi connectivity index (χ2n) is 7.30. The van der Waals surface area contributed by atoms with Crippen LogP contribution in [0.4, 0.5) is 0 Å². The van der Waals surface area contributed by atoms with Crippen LogP contribution in [-0.4, -0.2) is 33.8 Å². The largest absolute Gasteiger partial charge is 0.323 e. The molecule has 0 radical (unpaired) electrons. The smallest absolute Gasteiger partial charge is 0.0568 e. The van der Waals surface area contributed by atoms with Gasteiger partial charge in [-0.3, -0.25) is 9.58 Å². The van der Waals surface area contributed by atoms with Crippen molar-refractivity contribution in [3.05, 3.63) is 54.9 Å². The Morgan fingerprint density at radius 2 is 2.16 bits per heavy atom. The molecule has 0 spiro atoms. The molecule has 1 aliphatic heterocycles. The van der Waals surface area contributed by atoms with Crippen LogP contribution in [0.1, 0.15) is 50.8 Å². The Bertz CT molecular complexity index is 703. The van der Waals surface area contributed by atoms with Gasteiger partial charge in [-0.25, -0.2) is 0 Å². The first-order chi connectivity index (χ1) is 12.1. The van der Waals surface area contributed by atoms with Gasteiger partial charge in [0.25, 0.3) is 0 Å². The third kappa shape index (κ3) is 4.02. The number of hydrogen-bond acceptors (Lipinski definition) is 3. The van der Waals surface area contributed by atoms with Gasteiger partial charge in [-0.2, -0.15) is 5.10 Å². The maximum atomic E-state index is 6.69. The molecule has 1 aliphatic rings. The van der Waals surface area contributed by atoms with Crippen LogP contribution in [0.25, 0.3) is 11.1 Å². The predicted octanol–water partition coefficient (Wildman–Crippen LogP) is 4.17. The Balaban J connectivity index is 1.83. The van der Waals surface area contributed by atoms with Gasteiger partial charge in [0, 0.05) is 36.4 Å². The molecule has 2 N–H and O–H groups in total. The van der Waals surface area contributed by atoms with Crippen LogP contribution in [0.2, 0.25) is 0 Å². The summed E-state index contributed by atoms with van der Waals surface area (Å²) in [6.45, 7) is 10.2. The summed E-state index contributed by atoms with van der Waals surface area (Å²) in [5.74, 6) is 0. The Labute approximate surface area is 151 Å². The van der Waals surface area contributed by atoms with Crippen LogP contribution in [0.5, 0.6) is 0 Å². The molecule has 1 fully saturated rings. The number of likely N-dealkylation sites (tertiary alicyclic amines) is 1. The van der Waals surface area contributed by atoms with E-state index in [4.69, 9.17) is 5.73 Å². The lowest BCUT2D eigenvalue weighted by atomic mass is 9.90. The third-order valence-corrected chi connectivity index (χ3v) is 5.18. The molecule has 1 saturated heterocycles. The normalized spacial score (nSPS) is 19.9. The minimum atomic E-state index is 0.0281. The van der Waals surface area contributed by atoms with Gasteiger partial charge < -0.3 is 5.73 Å². The summed E-state index contributed by atoms with van der Waals surface area (Å²) < 4.78 is 1.99. The lowest BCUT2D eigenvalue weighted by Gasteiger charge is -2.38. The minimum Gasteiger partial charge on any atom is -0.323 e. The molecule has 4 heteroatoms. The molecule has 2 atom stereocenters. The van der Waals surface area contributed by atoms with E-state index in [0.717, 1.165) is 25.1 Å². The molecule has 0 unspecified atom stereocenters. The molecule has 0 saturated carbocycles. The van der Waals surface area contributed by atoms with Crippen LogP contribution in [0.3, 0.4) is 0 Å². The maximum Gasteiger partial charge on any atom is 0.0568 e. The van der Waals surface area contributed by atoms with Crippen molar-refractivity contribution in [2.75, 3.05) is 13.1 Å². The predicted molar refractivity (Wildman–Crippen MR) is 104 cm³/mol. The molecule has 0 aliphatic carbocycles. The summed E-state index contributed by atoms with van der Waals surface area (Å²) in [5, 5.41) is 4.46. The zero-order valence-corrected chi connectivity index (χ0v) is 15.4. The van der Waals surface area contributed by atoms with Crippen LogP contribution < -0.4 is 5.73 Å². The van der Waals surface area contributed by atoms with Crippen molar-refractivity contribution in [3.63, 3.8) is 0 Å². The SMILES string of the molecule is C=CCN1CCCC[C@H]1[C@@H](N)c1cccc(-c2cnn(C(C)C)c2)c1. The first-order valence-corrected chi connectivity index (χ1v) is 9.35. The Morgan fingerprint density at radius 1 is 1.32 bits per heavy atom. The number of nitrogens with two attached hydrogens (primary N) is 1. The summed E-state index contributed by atoms with van der Waals surface area (Å²) in [6, 6.07) is 9.42. The Hall–Kier alpha value is -1.91. The lowest BCUT2D eigenvalue weighted by molar-refractivity contribution is 0.141. The molecule has 3 rings (SSSR count). The average molecular weight is 338 g/mol. The van der Waals surface area contributed by atoms with Crippen LogP contribution in [0, 0.1) is 0 Å². The molecule has 134 valence electrons. The van der Waals surface area contributed by atoms with E-state index in [1.165, 1.54) is 24.0 Å². The topological polar surface area (TPSA) is 47.1 Å². The fourth-order valence-corrected chi connectivity index (χ4v) is 3.73. The number of hydrogen-bond donors (Lipinski definition) is 1. The number of aromatic nitrogens is 2. The number of nitrogens with zero attached hydrogens (tertiary/aromatic N) is 3. The van der Waals surface area contributed by atoms with Crippen LogP contribution >= 0.6 is 0 Å². The Morgan fingerprint density at radius 3 is 2.88 bits per heavy atom. The fourth-order valence-electron chi connectivity index (χ4n) is 3.73. The highest BCUT2D eigenvalue weighted by Gasteiger charge is 2.28. The second-order valence-corrected chi connectivity index (χ2v) is 7.30. The van der Waals surface area contributed by atoms with Crippen molar-refractivity contribution in [2.45, 2.75) is 51.2 Å². The van der Waals surface area contributed by atoms with Crippen molar-refractivity contribution in [2.24, 2.45) is 5.73 Å². The summed E-state index contributed by atoms with van der Waals surface area (Å²) in [6.07, 6.45) is 9.71. The zero-order chi connectivity index (χ0) is 17.8. The quantitative estimate of drug-likeness (QED) is 0.804. The lowest BCUT2D eigenvalue weighted by Crippen LogP contribution is -2.45. The molecule has 4 nitrogen and oxygen atoms in total. The Kier molecular flexibility index (Phi) is 5.71. The van der Waals surface area contributed by atoms with Gasteiger partial charge in [0.1, 0.15) is 0 Å². The first-order valence-electron chi connectivity index (χ1n) is 9.35. The van der Waals surface area contributed by atoms with Crippen LogP contribution in [0.15, 0.2) is 49.3 Å². The summed E-state index contributed by atoms with van der Waals surface area (Å²) >= 11 is 0. The molecule has 25 heavy (non-hydrogen) atoms. The zero-order valence-electron chi connectivity index (χ0n) is 15.4. The monoisotopic (exact) mass is 338 g/mol. The van der Waals surface area contributed by atoms with Crippen molar-refractivity contribution in [1.82, 2.24) is 14.7 Å². The summed E-state index contributed by atoms with van der Waals surface area (Å²) in [5.41, 5.74) is 10.2. The van der Waals surface area contributed by atoms with Gasteiger partial charge >= 0.3 is 0 Å². The number of benzene rings is 1. The van der Waals surface area contributed by atoms with E-state index in [-0.39, 0.29) is 6.04 Å². The molecular formula is C21H30N4. The highest BCUT2D eigenvalue weighted by molar-refractivity contribution is 5.62. The van der Waals surface area contributed by atoms with E-state index in [2.05, 4.69) is 60.9 Å². The van der Waals surface area contributed by atoms with E-state index in [0.29, 0.717) is 12.1 Å². The van der Waals surface area contributed by atoms with E-state index in [9.17, 15) is 0 Å². The molecule has 0 bridgehead atoms. The van der Waals surface area contributed by atoms with Gasteiger partial charge in [0.15, 0.2) is 0 Å². The van der Waals surface area contributed by atoms with Gasteiger partial charge in [0.05, 0.1) is 6.20 Å². The standard InChI is InChI=1S/C21H30N4/c1-4-11-24-12-6-5-10-20(24)21(22)18-9-7-8-17(13-18)19-14-23-25(15-19)16(2)3/h4,7-9,13-16,20-21H,1,5-6,10-12,22H2,2-3H3/t20-,21-/m0/s1. The fraction of sp³-hybridized carbons (Fsp3) is 0.476. The molecule has 1 aromatic carbocycles. The summed E-state index contributed by atoms with van der Waals surface area (Å²) in [7, 11) is 0. The van der Waals surface area contributed by atoms with E-state index in [1.807, 2.05) is 17.0 Å². The van der Waals surface area contributed by atoms with Crippen LogP contribution in [-0.2, 0) is 0 Å². The van der Waals surface area contributed by atoms with Gasteiger partial charge in [-0.15, -0.1) is 6.58 Å². The molecule has 1 aromatic heterocycles. The van der Waals surface area contributed by atoms with Crippen molar-refractivity contribution < 1.29 is 0 Å². The highest BCUT2D eigenvalue weighted by Crippen LogP contribution is 2.29. The molecule has 0 amide bonds. The molecule has 2 aromatic rings. The highest BCUT2D eigenvalue weighted by atomic mass is 15.3. The third-order valence-electron chi connectivity index (χ3n) is 5.18. The van der Waals surface area contributed by atoms with Gasteiger partial charge in [0.2, 0.25) is 0 Å². The van der Waals surface area contributed by atoms with Gasteiger partial charge in [-0.05, 0) is 50.4 Å². The van der Waals surface area contributed by atoms with E-state index in [1.54, 1.807) is 0 Å².